The van der Waals surface area contributed by atoms with Gasteiger partial charge in [-0.1, -0.05) is 24.3 Å². The Morgan fingerprint density at radius 3 is 2.90 bits per heavy atom. The molecule has 2 aliphatic rings. The topological polar surface area (TPSA) is 44.4 Å². The summed E-state index contributed by atoms with van der Waals surface area (Å²) >= 11 is 0. The van der Waals surface area contributed by atoms with Crippen LogP contribution in [0.4, 0.5) is 0 Å². The summed E-state index contributed by atoms with van der Waals surface area (Å²) in [6, 6.07) is 9.11. The van der Waals surface area contributed by atoms with Crippen molar-refractivity contribution in [1.29, 1.82) is 0 Å². The Hall–Kier alpha value is -1.39. The van der Waals surface area contributed by atoms with Crippen molar-refractivity contribution in [2.24, 2.45) is 0 Å². The molecule has 0 radical (unpaired) electrons. The van der Waals surface area contributed by atoms with E-state index < -0.39 is 0 Å². The molecule has 4 nitrogen and oxygen atoms in total. The van der Waals surface area contributed by atoms with E-state index in [0.29, 0.717) is 6.04 Å². The molecular formula is C17H25N3O. The van der Waals surface area contributed by atoms with Crippen LogP contribution in [0.3, 0.4) is 0 Å². The first-order valence-electron chi connectivity index (χ1n) is 7.94. The van der Waals surface area contributed by atoms with E-state index in [1.165, 1.54) is 11.1 Å². The van der Waals surface area contributed by atoms with Gasteiger partial charge < -0.3 is 10.6 Å². The predicted molar refractivity (Wildman–Crippen MR) is 84.1 cm³/mol. The van der Waals surface area contributed by atoms with Crippen LogP contribution in [0, 0.1) is 0 Å². The van der Waals surface area contributed by atoms with Crippen molar-refractivity contribution in [1.82, 2.24) is 15.5 Å². The quantitative estimate of drug-likeness (QED) is 0.885. The molecule has 1 amide bonds. The van der Waals surface area contributed by atoms with Gasteiger partial charge in [-0.2, -0.15) is 0 Å². The highest BCUT2D eigenvalue weighted by atomic mass is 16.2. The van der Waals surface area contributed by atoms with Crippen molar-refractivity contribution in [2.45, 2.75) is 43.8 Å². The van der Waals surface area contributed by atoms with Crippen LogP contribution in [-0.4, -0.2) is 43.5 Å². The fourth-order valence-corrected chi connectivity index (χ4v) is 3.69. The molecule has 3 atom stereocenters. The molecule has 114 valence electrons. The standard InChI is InChI=1S/C17H25N3O/c1-18-13-10-16(20(2)11-13)17(21)19-15-9-5-7-12-6-3-4-8-14(12)15/h3-4,6,8,13,15-16,18H,5,7,9-11H2,1-2H3,(H,19,21). The second-order valence-electron chi connectivity index (χ2n) is 6.33. The monoisotopic (exact) mass is 287 g/mol. The molecule has 1 saturated heterocycles. The maximum absolute atomic E-state index is 12.6. The normalized spacial score (nSPS) is 29.1. The molecule has 1 aliphatic heterocycles. The Balaban J connectivity index is 1.69. The lowest BCUT2D eigenvalue weighted by atomic mass is 9.87. The van der Waals surface area contributed by atoms with Crippen LogP contribution >= 0.6 is 0 Å². The van der Waals surface area contributed by atoms with Crippen molar-refractivity contribution >= 4 is 5.91 Å². The SMILES string of the molecule is CNC1CC(C(=O)NC2CCCc3ccccc32)N(C)C1. The molecule has 0 bridgehead atoms. The summed E-state index contributed by atoms with van der Waals surface area (Å²) in [4.78, 5) is 14.8. The minimum Gasteiger partial charge on any atom is -0.348 e. The van der Waals surface area contributed by atoms with Crippen LogP contribution in [0.25, 0.3) is 0 Å². The number of benzene rings is 1. The molecule has 3 unspecified atom stereocenters. The molecule has 0 aromatic heterocycles. The molecule has 1 aromatic carbocycles. The summed E-state index contributed by atoms with van der Waals surface area (Å²) in [7, 11) is 4.01. The summed E-state index contributed by atoms with van der Waals surface area (Å²) < 4.78 is 0. The second kappa shape index (κ2) is 6.16. The maximum atomic E-state index is 12.6. The molecule has 1 aromatic rings. The highest BCUT2D eigenvalue weighted by Gasteiger charge is 2.35. The van der Waals surface area contributed by atoms with Gasteiger partial charge in [0.1, 0.15) is 0 Å². The van der Waals surface area contributed by atoms with E-state index >= 15 is 0 Å². The third-order valence-electron chi connectivity index (χ3n) is 4.95. The number of hydrogen-bond acceptors (Lipinski definition) is 3. The largest absolute Gasteiger partial charge is 0.348 e. The molecule has 3 rings (SSSR count). The number of nitrogens with zero attached hydrogens (tertiary/aromatic N) is 1. The van der Waals surface area contributed by atoms with E-state index in [1.54, 1.807) is 0 Å². The van der Waals surface area contributed by atoms with Crippen molar-refractivity contribution in [3.8, 4) is 0 Å². The van der Waals surface area contributed by atoms with E-state index in [4.69, 9.17) is 0 Å². The van der Waals surface area contributed by atoms with Gasteiger partial charge in [-0.25, -0.2) is 0 Å². The summed E-state index contributed by atoms with van der Waals surface area (Å²) in [5.74, 6) is 0.178. The number of rotatable bonds is 3. The van der Waals surface area contributed by atoms with Gasteiger partial charge in [0.2, 0.25) is 5.91 Å². The van der Waals surface area contributed by atoms with Gasteiger partial charge in [0.25, 0.3) is 0 Å². The van der Waals surface area contributed by atoms with Gasteiger partial charge in [0.05, 0.1) is 12.1 Å². The van der Waals surface area contributed by atoms with Gasteiger partial charge in [-0.15, -0.1) is 0 Å². The number of hydrogen-bond donors (Lipinski definition) is 2. The molecule has 2 N–H and O–H groups in total. The van der Waals surface area contributed by atoms with Crippen molar-refractivity contribution in [2.75, 3.05) is 20.6 Å². The number of aryl methyl sites for hydroxylation is 1. The van der Waals surface area contributed by atoms with Crippen LogP contribution in [0.1, 0.15) is 36.4 Å². The Kier molecular flexibility index (Phi) is 4.27. The minimum atomic E-state index is -0.00320. The number of carbonyl (C=O) groups is 1. The zero-order chi connectivity index (χ0) is 14.8. The van der Waals surface area contributed by atoms with Crippen LogP contribution in [0.5, 0.6) is 0 Å². The zero-order valence-corrected chi connectivity index (χ0v) is 12.9. The van der Waals surface area contributed by atoms with Crippen molar-refractivity contribution in [3.63, 3.8) is 0 Å². The number of carbonyl (C=O) groups excluding carboxylic acids is 1. The summed E-state index contributed by atoms with van der Waals surface area (Å²) in [6.45, 7) is 0.940. The molecular weight excluding hydrogens is 262 g/mol. The highest BCUT2D eigenvalue weighted by Crippen LogP contribution is 2.30. The van der Waals surface area contributed by atoms with Gasteiger partial charge in [0.15, 0.2) is 0 Å². The number of fused-ring (bicyclic) bond motifs is 1. The lowest BCUT2D eigenvalue weighted by molar-refractivity contribution is -0.125. The highest BCUT2D eigenvalue weighted by molar-refractivity contribution is 5.82. The Bertz CT molecular complexity index is 517. The van der Waals surface area contributed by atoms with Gasteiger partial charge >= 0.3 is 0 Å². The third-order valence-corrected chi connectivity index (χ3v) is 4.95. The van der Waals surface area contributed by atoms with Gasteiger partial charge in [-0.05, 0) is 50.9 Å². The average molecular weight is 287 g/mol. The summed E-state index contributed by atoms with van der Waals surface area (Å²) in [5, 5.41) is 6.56. The van der Waals surface area contributed by atoms with Gasteiger partial charge in [-0.3, -0.25) is 9.69 Å². The number of likely N-dealkylation sites (N-methyl/N-ethyl adjacent to an activating group) is 2. The van der Waals surface area contributed by atoms with E-state index in [2.05, 4.69) is 39.8 Å². The fraction of sp³-hybridized carbons (Fsp3) is 0.588. The Morgan fingerprint density at radius 2 is 2.14 bits per heavy atom. The first kappa shape index (κ1) is 14.5. The smallest absolute Gasteiger partial charge is 0.237 e. The van der Waals surface area contributed by atoms with E-state index in [-0.39, 0.29) is 18.0 Å². The first-order chi connectivity index (χ1) is 10.2. The molecule has 1 heterocycles. The molecule has 0 spiro atoms. The molecule has 4 heteroatoms. The van der Waals surface area contributed by atoms with E-state index in [9.17, 15) is 4.79 Å². The van der Waals surface area contributed by atoms with Crippen LogP contribution < -0.4 is 10.6 Å². The molecule has 1 aliphatic carbocycles. The second-order valence-corrected chi connectivity index (χ2v) is 6.33. The van der Waals surface area contributed by atoms with E-state index in [0.717, 1.165) is 32.2 Å². The number of nitrogens with one attached hydrogen (secondary N) is 2. The summed E-state index contributed by atoms with van der Waals surface area (Å²) in [6.07, 6.45) is 4.23. The lowest BCUT2D eigenvalue weighted by Gasteiger charge is -2.28. The zero-order valence-electron chi connectivity index (χ0n) is 12.9. The molecule has 21 heavy (non-hydrogen) atoms. The van der Waals surface area contributed by atoms with Crippen molar-refractivity contribution in [3.05, 3.63) is 35.4 Å². The van der Waals surface area contributed by atoms with Crippen LogP contribution in [0.2, 0.25) is 0 Å². The number of likely N-dealkylation sites (tertiary alicyclic amines) is 1. The summed E-state index contributed by atoms with van der Waals surface area (Å²) in [5.41, 5.74) is 2.70. The average Bonchev–Trinajstić information content (AvgIpc) is 2.89. The first-order valence-corrected chi connectivity index (χ1v) is 7.94. The Labute approximate surface area is 126 Å². The van der Waals surface area contributed by atoms with Crippen molar-refractivity contribution < 1.29 is 4.79 Å². The minimum absolute atomic E-state index is 0.00320. The number of amides is 1. The third kappa shape index (κ3) is 2.97. The van der Waals surface area contributed by atoms with Crippen LogP contribution in [-0.2, 0) is 11.2 Å². The van der Waals surface area contributed by atoms with Gasteiger partial charge in [0, 0.05) is 12.6 Å². The van der Waals surface area contributed by atoms with Crippen LogP contribution in [0.15, 0.2) is 24.3 Å². The predicted octanol–water partition coefficient (Wildman–Crippen LogP) is 1.47. The lowest BCUT2D eigenvalue weighted by Crippen LogP contribution is -2.43. The Morgan fingerprint density at radius 1 is 1.33 bits per heavy atom. The molecule has 1 fully saturated rings. The maximum Gasteiger partial charge on any atom is 0.237 e. The molecule has 0 saturated carbocycles. The fourth-order valence-electron chi connectivity index (χ4n) is 3.69. The van der Waals surface area contributed by atoms with E-state index in [1.807, 2.05) is 14.1 Å².